The van der Waals surface area contributed by atoms with Crippen LogP contribution in [0.1, 0.15) is 12.0 Å². The normalized spacial score (nSPS) is 21.3. The maximum Gasteiger partial charge on any atom is 0.221 e. The van der Waals surface area contributed by atoms with Gasteiger partial charge < -0.3 is 15.7 Å². The van der Waals surface area contributed by atoms with E-state index in [1.807, 2.05) is 0 Å². The summed E-state index contributed by atoms with van der Waals surface area (Å²) in [5, 5.41) is 15.3. The van der Waals surface area contributed by atoms with Gasteiger partial charge in [0.25, 0.3) is 0 Å². The molecule has 1 aliphatic heterocycles. The molecule has 3 N–H and O–H groups in total. The molecule has 1 amide bonds. The Hall–Kier alpha value is -1.60. The molecule has 0 aromatic heterocycles. The number of hydrogen-bond donors (Lipinski definition) is 3. The summed E-state index contributed by atoms with van der Waals surface area (Å²) in [6.45, 7) is 0.616. The maximum atomic E-state index is 11.8. The molecule has 1 saturated heterocycles. The van der Waals surface area contributed by atoms with E-state index in [1.165, 1.54) is 0 Å². The number of carbonyl (C=O) groups is 1. The van der Waals surface area contributed by atoms with Gasteiger partial charge in [-0.15, -0.1) is 0 Å². The van der Waals surface area contributed by atoms with E-state index >= 15 is 0 Å². The third-order valence-corrected chi connectivity index (χ3v) is 4.94. The standard InChI is InChI=1S/C13H18N2O4S/c16-12-4-2-1-3-10(12)8-15-13(17)7-11-9-20(18,19)6-5-14-11/h1-4,11,14,16H,5-9H2,(H,15,17). The van der Waals surface area contributed by atoms with Crippen LogP contribution in [0.2, 0.25) is 0 Å². The fraction of sp³-hybridized carbons (Fsp3) is 0.462. The molecule has 0 aliphatic carbocycles. The summed E-state index contributed by atoms with van der Waals surface area (Å²) in [6, 6.07) is 6.42. The second kappa shape index (κ2) is 6.23. The molecule has 2 rings (SSSR count). The molecule has 0 saturated carbocycles. The van der Waals surface area contributed by atoms with E-state index in [4.69, 9.17) is 0 Å². The maximum absolute atomic E-state index is 11.8. The van der Waals surface area contributed by atoms with Crippen molar-refractivity contribution in [2.24, 2.45) is 0 Å². The number of carbonyl (C=O) groups excluding carboxylic acids is 1. The molecule has 1 aliphatic rings. The minimum atomic E-state index is -3.03. The van der Waals surface area contributed by atoms with Gasteiger partial charge in [-0.3, -0.25) is 4.79 Å². The van der Waals surface area contributed by atoms with Gasteiger partial charge in [-0.05, 0) is 6.07 Å². The van der Waals surface area contributed by atoms with Crippen LogP contribution >= 0.6 is 0 Å². The molecule has 0 radical (unpaired) electrons. The monoisotopic (exact) mass is 298 g/mol. The van der Waals surface area contributed by atoms with Crippen molar-refractivity contribution in [3.05, 3.63) is 29.8 Å². The average Bonchev–Trinajstić information content (AvgIpc) is 2.36. The SMILES string of the molecule is O=C(CC1CS(=O)(=O)CCN1)NCc1ccccc1O. The van der Waals surface area contributed by atoms with Crippen LogP contribution in [-0.2, 0) is 21.2 Å². The lowest BCUT2D eigenvalue weighted by atomic mass is 10.2. The Kier molecular flexibility index (Phi) is 4.61. The third-order valence-electron chi connectivity index (χ3n) is 3.20. The smallest absolute Gasteiger partial charge is 0.221 e. The van der Waals surface area contributed by atoms with Crippen molar-refractivity contribution in [3.63, 3.8) is 0 Å². The summed E-state index contributed by atoms with van der Waals surface area (Å²) >= 11 is 0. The fourth-order valence-corrected chi connectivity index (χ4v) is 3.59. The molecule has 1 aromatic rings. The van der Waals surface area contributed by atoms with Crippen molar-refractivity contribution >= 4 is 15.7 Å². The molecular weight excluding hydrogens is 280 g/mol. The van der Waals surface area contributed by atoms with Gasteiger partial charge in [-0.25, -0.2) is 8.42 Å². The van der Waals surface area contributed by atoms with Crippen LogP contribution in [0.4, 0.5) is 0 Å². The molecule has 1 aromatic carbocycles. The first-order valence-electron chi connectivity index (χ1n) is 6.44. The average molecular weight is 298 g/mol. The molecule has 1 atom stereocenters. The Bertz CT molecular complexity index is 586. The second-order valence-corrected chi connectivity index (χ2v) is 7.10. The van der Waals surface area contributed by atoms with Gasteiger partial charge in [-0.2, -0.15) is 0 Å². The molecule has 7 heteroatoms. The lowest BCUT2D eigenvalue weighted by Crippen LogP contribution is -2.47. The number of benzene rings is 1. The van der Waals surface area contributed by atoms with Crippen molar-refractivity contribution in [1.29, 1.82) is 0 Å². The number of sulfone groups is 1. The zero-order valence-corrected chi connectivity index (χ0v) is 11.8. The minimum absolute atomic E-state index is 0.00297. The zero-order chi connectivity index (χ0) is 14.6. The van der Waals surface area contributed by atoms with E-state index < -0.39 is 9.84 Å². The first-order chi connectivity index (χ1) is 9.46. The van der Waals surface area contributed by atoms with Gasteiger partial charge in [0.15, 0.2) is 9.84 Å². The topological polar surface area (TPSA) is 95.5 Å². The van der Waals surface area contributed by atoms with Gasteiger partial charge in [-0.1, -0.05) is 18.2 Å². The molecular formula is C13H18N2O4S. The van der Waals surface area contributed by atoms with E-state index in [-0.39, 0.29) is 42.2 Å². The van der Waals surface area contributed by atoms with Gasteiger partial charge >= 0.3 is 0 Å². The highest BCUT2D eigenvalue weighted by molar-refractivity contribution is 7.91. The Morgan fingerprint density at radius 1 is 1.40 bits per heavy atom. The van der Waals surface area contributed by atoms with Crippen molar-refractivity contribution in [3.8, 4) is 5.75 Å². The first-order valence-corrected chi connectivity index (χ1v) is 8.26. The van der Waals surface area contributed by atoms with Crippen LogP contribution in [-0.4, -0.2) is 43.5 Å². The lowest BCUT2D eigenvalue weighted by Gasteiger charge is -2.23. The quantitative estimate of drug-likeness (QED) is 0.714. The Morgan fingerprint density at radius 3 is 2.85 bits per heavy atom. The van der Waals surface area contributed by atoms with Crippen LogP contribution in [0.25, 0.3) is 0 Å². The van der Waals surface area contributed by atoms with E-state index in [0.29, 0.717) is 12.1 Å². The summed E-state index contributed by atoms with van der Waals surface area (Å²) in [5.74, 6) is 0.0223. The predicted molar refractivity (Wildman–Crippen MR) is 75.0 cm³/mol. The van der Waals surface area contributed by atoms with Gasteiger partial charge in [0, 0.05) is 31.1 Å². The predicted octanol–water partition coefficient (Wildman–Crippen LogP) is -0.215. The highest BCUT2D eigenvalue weighted by Crippen LogP contribution is 2.15. The number of amides is 1. The molecule has 0 spiro atoms. The minimum Gasteiger partial charge on any atom is -0.508 e. The van der Waals surface area contributed by atoms with Gasteiger partial charge in [0.2, 0.25) is 5.91 Å². The van der Waals surface area contributed by atoms with Crippen LogP contribution in [0.3, 0.4) is 0 Å². The largest absolute Gasteiger partial charge is 0.508 e. The Morgan fingerprint density at radius 2 is 2.15 bits per heavy atom. The van der Waals surface area contributed by atoms with E-state index in [1.54, 1.807) is 24.3 Å². The Labute approximate surface area is 118 Å². The fourth-order valence-electron chi connectivity index (χ4n) is 2.15. The second-order valence-electron chi connectivity index (χ2n) is 4.87. The van der Waals surface area contributed by atoms with Crippen LogP contribution < -0.4 is 10.6 Å². The molecule has 1 heterocycles. The van der Waals surface area contributed by atoms with E-state index in [0.717, 1.165) is 0 Å². The van der Waals surface area contributed by atoms with Crippen LogP contribution in [0.5, 0.6) is 5.75 Å². The van der Waals surface area contributed by atoms with Gasteiger partial charge in [0.1, 0.15) is 5.75 Å². The molecule has 1 unspecified atom stereocenters. The zero-order valence-electron chi connectivity index (χ0n) is 11.0. The van der Waals surface area contributed by atoms with Crippen LogP contribution in [0, 0.1) is 0 Å². The highest BCUT2D eigenvalue weighted by Gasteiger charge is 2.25. The summed E-state index contributed by atoms with van der Waals surface area (Å²) in [4.78, 5) is 11.8. The number of rotatable bonds is 4. The summed E-state index contributed by atoms with van der Waals surface area (Å²) in [7, 11) is -3.03. The summed E-state index contributed by atoms with van der Waals surface area (Å²) in [5.41, 5.74) is 0.630. The van der Waals surface area contributed by atoms with Crippen LogP contribution in [0.15, 0.2) is 24.3 Å². The number of nitrogens with one attached hydrogen (secondary N) is 2. The van der Waals surface area contributed by atoms with Crippen molar-refractivity contribution in [2.75, 3.05) is 18.1 Å². The summed E-state index contributed by atoms with van der Waals surface area (Å²) < 4.78 is 22.9. The number of aromatic hydroxyl groups is 1. The van der Waals surface area contributed by atoms with E-state index in [9.17, 15) is 18.3 Å². The molecule has 1 fully saturated rings. The third kappa shape index (κ3) is 4.21. The lowest BCUT2D eigenvalue weighted by molar-refractivity contribution is -0.121. The van der Waals surface area contributed by atoms with Gasteiger partial charge in [0.05, 0.1) is 11.5 Å². The Balaban J connectivity index is 1.83. The molecule has 110 valence electrons. The van der Waals surface area contributed by atoms with Crippen molar-refractivity contribution in [1.82, 2.24) is 10.6 Å². The number of hydrogen-bond acceptors (Lipinski definition) is 5. The molecule has 20 heavy (non-hydrogen) atoms. The number of phenolic OH excluding ortho intramolecular Hbond substituents is 1. The van der Waals surface area contributed by atoms with Crippen molar-refractivity contribution in [2.45, 2.75) is 19.0 Å². The number of phenols is 1. The highest BCUT2D eigenvalue weighted by atomic mass is 32.2. The van der Waals surface area contributed by atoms with Crippen molar-refractivity contribution < 1.29 is 18.3 Å². The number of para-hydroxylation sites is 1. The molecule has 0 bridgehead atoms. The molecule has 6 nitrogen and oxygen atoms in total. The summed E-state index contributed by atoms with van der Waals surface area (Å²) in [6.07, 6.45) is 0.118. The van der Waals surface area contributed by atoms with E-state index in [2.05, 4.69) is 10.6 Å². The first kappa shape index (κ1) is 14.8.